The molecule has 0 aliphatic carbocycles. The van der Waals surface area contributed by atoms with Gasteiger partial charge in [-0.1, -0.05) is 18.7 Å². The molecule has 1 aromatic heterocycles. The largest absolute Gasteiger partial charge is 0.366 e. The molecule has 9 nitrogen and oxygen atoms in total. The van der Waals surface area contributed by atoms with E-state index in [0.29, 0.717) is 24.2 Å². The minimum Gasteiger partial charge on any atom is -0.366 e. The second-order valence-corrected chi connectivity index (χ2v) is 7.12. The number of carbonyl (C=O) groups excluding carboxylic acids is 4. The number of carbonyl (C=O) groups is 4. The molecular weight excluding hydrogens is 398 g/mol. The van der Waals surface area contributed by atoms with Crippen LogP contribution in [0.4, 0.5) is 5.69 Å². The van der Waals surface area contributed by atoms with Crippen LogP contribution in [-0.4, -0.2) is 46.1 Å². The van der Waals surface area contributed by atoms with Gasteiger partial charge in [0.25, 0.3) is 0 Å². The van der Waals surface area contributed by atoms with Gasteiger partial charge >= 0.3 is 11.8 Å². The van der Waals surface area contributed by atoms with Crippen LogP contribution in [0.3, 0.4) is 0 Å². The highest BCUT2D eigenvalue weighted by atomic mass is 16.2. The number of primary amides is 1. The van der Waals surface area contributed by atoms with Crippen molar-refractivity contribution in [2.45, 2.75) is 39.2 Å². The van der Waals surface area contributed by atoms with Gasteiger partial charge in [0.2, 0.25) is 11.8 Å². The number of pyridine rings is 1. The lowest BCUT2D eigenvalue weighted by Gasteiger charge is -2.35. The quantitative estimate of drug-likeness (QED) is 0.471. The van der Waals surface area contributed by atoms with Crippen LogP contribution in [0.1, 0.15) is 43.5 Å². The van der Waals surface area contributed by atoms with Crippen molar-refractivity contribution in [1.29, 1.82) is 0 Å². The Morgan fingerprint density at radius 2 is 1.97 bits per heavy atom. The molecule has 164 valence electrons. The van der Waals surface area contributed by atoms with Gasteiger partial charge in [-0.2, -0.15) is 0 Å². The third-order valence-corrected chi connectivity index (χ3v) is 4.77. The van der Waals surface area contributed by atoms with Gasteiger partial charge < -0.3 is 21.3 Å². The highest BCUT2D eigenvalue weighted by Crippen LogP contribution is 2.24. The number of nitrogens with two attached hydrogens (primary N) is 1. The Balaban J connectivity index is 2.11. The highest BCUT2D eigenvalue weighted by Gasteiger charge is 2.31. The van der Waals surface area contributed by atoms with Gasteiger partial charge in [-0.15, -0.1) is 0 Å². The Labute approximate surface area is 181 Å². The van der Waals surface area contributed by atoms with Gasteiger partial charge in [0, 0.05) is 25.4 Å². The summed E-state index contributed by atoms with van der Waals surface area (Å²) in [6.07, 6.45) is 10.1. The van der Waals surface area contributed by atoms with Crippen molar-refractivity contribution in [2.75, 3.05) is 11.9 Å². The first-order chi connectivity index (χ1) is 14.7. The van der Waals surface area contributed by atoms with Crippen LogP contribution >= 0.6 is 0 Å². The van der Waals surface area contributed by atoms with Crippen LogP contribution in [0.2, 0.25) is 0 Å². The van der Waals surface area contributed by atoms with Gasteiger partial charge in [-0.05, 0) is 43.9 Å². The fraction of sp³-hybridized carbons (Fsp3) is 0.318. The maximum Gasteiger partial charge on any atom is 0.313 e. The van der Waals surface area contributed by atoms with E-state index in [1.807, 2.05) is 0 Å². The van der Waals surface area contributed by atoms with E-state index in [4.69, 9.17) is 5.73 Å². The molecule has 1 saturated heterocycles. The van der Waals surface area contributed by atoms with E-state index in [2.05, 4.69) is 22.2 Å². The predicted molar refractivity (Wildman–Crippen MR) is 117 cm³/mol. The number of anilines is 1. The molecule has 4 amide bonds. The number of hydrogen-bond donors (Lipinski definition) is 3. The molecule has 4 N–H and O–H groups in total. The molecule has 2 heterocycles. The summed E-state index contributed by atoms with van der Waals surface area (Å²) in [6, 6.07) is 1.02. The molecule has 0 saturated carbocycles. The molecule has 0 radical (unpaired) electrons. The van der Waals surface area contributed by atoms with Crippen LogP contribution in [0.5, 0.6) is 0 Å². The van der Waals surface area contributed by atoms with Gasteiger partial charge in [-0.3, -0.25) is 24.2 Å². The summed E-state index contributed by atoms with van der Waals surface area (Å²) in [6.45, 7) is 7.69. The van der Waals surface area contributed by atoms with Gasteiger partial charge in [-0.25, -0.2) is 0 Å². The summed E-state index contributed by atoms with van der Waals surface area (Å²) in [4.78, 5) is 53.3. The first-order valence-electron chi connectivity index (χ1n) is 9.90. The topological polar surface area (TPSA) is 134 Å². The third-order valence-electron chi connectivity index (χ3n) is 4.77. The fourth-order valence-electron chi connectivity index (χ4n) is 3.24. The van der Waals surface area contributed by atoms with Crippen LogP contribution in [0, 0.1) is 0 Å². The fourth-order valence-corrected chi connectivity index (χ4v) is 3.24. The molecule has 1 fully saturated rings. The van der Waals surface area contributed by atoms with Gasteiger partial charge in [0.15, 0.2) is 0 Å². The van der Waals surface area contributed by atoms with Gasteiger partial charge in [0.05, 0.1) is 23.5 Å². The standard InChI is InChI=1S/C22H27N5O4/c1-4-17(25-15(3)28)9-8-14(2)19-7-5-6-10-27(19)22(31)21(30)26-18-11-16(20(23)29)12-24-13-18/h4,8-9,11-13,19H,2,5-7,10H2,1,3H3,(H2,23,29)(H,25,28)(H,26,30)/b9-8-,17-4+/t19-/m0/s1. The van der Waals surface area contributed by atoms with Crippen molar-refractivity contribution >= 4 is 29.3 Å². The summed E-state index contributed by atoms with van der Waals surface area (Å²) >= 11 is 0. The lowest BCUT2D eigenvalue weighted by atomic mass is 9.95. The van der Waals surface area contributed by atoms with Crippen LogP contribution in [0.15, 0.2) is 54.5 Å². The summed E-state index contributed by atoms with van der Waals surface area (Å²) in [5.74, 6) is -2.41. The smallest absolute Gasteiger partial charge is 0.313 e. The number of amides is 4. The zero-order valence-corrected chi connectivity index (χ0v) is 17.7. The minimum atomic E-state index is -0.834. The molecule has 1 aromatic rings. The molecule has 0 spiro atoms. The van der Waals surface area contributed by atoms with Crippen molar-refractivity contribution in [3.63, 3.8) is 0 Å². The molecule has 1 atom stereocenters. The van der Waals surface area contributed by atoms with Crippen molar-refractivity contribution in [3.8, 4) is 0 Å². The number of aromatic nitrogens is 1. The maximum absolute atomic E-state index is 12.8. The zero-order chi connectivity index (χ0) is 23.0. The predicted octanol–water partition coefficient (Wildman–Crippen LogP) is 1.65. The van der Waals surface area contributed by atoms with Crippen LogP contribution in [-0.2, 0) is 14.4 Å². The van der Waals surface area contributed by atoms with Crippen LogP contribution in [0.25, 0.3) is 0 Å². The highest BCUT2D eigenvalue weighted by molar-refractivity contribution is 6.39. The Morgan fingerprint density at radius 1 is 1.23 bits per heavy atom. The molecule has 1 aliphatic rings. The van der Waals surface area contributed by atoms with Crippen molar-refractivity contribution in [3.05, 3.63) is 60.1 Å². The lowest BCUT2D eigenvalue weighted by molar-refractivity contribution is -0.145. The lowest BCUT2D eigenvalue weighted by Crippen LogP contribution is -2.48. The summed E-state index contributed by atoms with van der Waals surface area (Å²) < 4.78 is 0. The van der Waals surface area contributed by atoms with E-state index < -0.39 is 17.7 Å². The number of likely N-dealkylation sites (tertiary alicyclic amines) is 1. The van der Waals surface area contributed by atoms with Gasteiger partial charge in [0.1, 0.15) is 0 Å². The second kappa shape index (κ2) is 10.9. The average molecular weight is 425 g/mol. The van der Waals surface area contributed by atoms with E-state index in [0.717, 1.165) is 12.8 Å². The van der Waals surface area contributed by atoms with E-state index in [1.165, 1.54) is 30.3 Å². The Morgan fingerprint density at radius 3 is 2.61 bits per heavy atom. The maximum atomic E-state index is 12.8. The third kappa shape index (κ3) is 6.63. The second-order valence-electron chi connectivity index (χ2n) is 7.12. The summed E-state index contributed by atoms with van der Waals surface area (Å²) in [7, 11) is 0. The van der Waals surface area contributed by atoms with Crippen LogP contribution < -0.4 is 16.4 Å². The van der Waals surface area contributed by atoms with Crippen molar-refractivity contribution in [1.82, 2.24) is 15.2 Å². The van der Waals surface area contributed by atoms with Crippen molar-refractivity contribution < 1.29 is 19.2 Å². The molecular formula is C22H27N5O4. The average Bonchev–Trinajstić information content (AvgIpc) is 2.75. The molecule has 1 aliphatic heterocycles. The number of nitrogens with zero attached hydrogens (tertiary/aromatic N) is 2. The SMILES string of the molecule is C=C(/C=C\C(=C/C)NC(C)=O)[C@@H]1CCCCN1C(=O)C(=O)Nc1cncc(C(N)=O)c1. The molecule has 2 rings (SSSR count). The Kier molecular flexibility index (Phi) is 8.25. The molecule has 0 bridgehead atoms. The minimum absolute atomic E-state index is 0.124. The number of rotatable bonds is 6. The van der Waals surface area contributed by atoms with E-state index in [1.54, 1.807) is 25.2 Å². The van der Waals surface area contributed by atoms with Crippen molar-refractivity contribution in [2.24, 2.45) is 5.73 Å². The van der Waals surface area contributed by atoms with E-state index in [-0.39, 0.29) is 23.2 Å². The number of hydrogen-bond acceptors (Lipinski definition) is 5. The Hall–Kier alpha value is -3.75. The van der Waals surface area contributed by atoms with E-state index >= 15 is 0 Å². The monoisotopic (exact) mass is 425 g/mol. The summed E-state index contributed by atoms with van der Waals surface area (Å²) in [5.41, 5.74) is 6.81. The van der Waals surface area contributed by atoms with E-state index in [9.17, 15) is 19.2 Å². The Bertz CT molecular complexity index is 951. The molecule has 31 heavy (non-hydrogen) atoms. The number of nitrogens with one attached hydrogen (secondary N) is 2. The number of piperidine rings is 1. The molecule has 0 unspecified atom stereocenters. The number of allylic oxidation sites excluding steroid dienone is 2. The first-order valence-corrected chi connectivity index (χ1v) is 9.90. The first kappa shape index (κ1) is 23.5. The normalized spacial score (nSPS) is 16.6. The molecule has 9 heteroatoms. The summed E-state index contributed by atoms with van der Waals surface area (Å²) in [5, 5.41) is 5.16. The zero-order valence-electron chi connectivity index (χ0n) is 17.7. The molecule has 0 aromatic carbocycles.